The van der Waals surface area contributed by atoms with Crippen LogP contribution in [0.2, 0.25) is 0 Å². The number of amides is 3. The van der Waals surface area contributed by atoms with Gasteiger partial charge in [-0.05, 0) is 6.42 Å². The summed E-state index contributed by atoms with van der Waals surface area (Å²) < 4.78 is 36.4. The third-order valence-corrected chi connectivity index (χ3v) is 2.51. The van der Waals surface area contributed by atoms with Gasteiger partial charge in [0.2, 0.25) is 0 Å². The fourth-order valence-corrected chi connectivity index (χ4v) is 1.53. The molecule has 1 heterocycles. The van der Waals surface area contributed by atoms with E-state index in [2.05, 4.69) is 0 Å². The highest BCUT2D eigenvalue weighted by atomic mass is 19.3. The lowest BCUT2D eigenvalue weighted by atomic mass is 10.4. The Morgan fingerprint density at radius 3 is 2.59 bits per heavy atom. The predicted molar refractivity (Wildman–Crippen MR) is 53.0 cm³/mol. The Morgan fingerprint density at radius 2 is 2.12 bits per heavy atom. The molecule has 5 nitrogen and oxygen atoms in total. The maximum Gasteiger partial charge on any atom is 0.319 e. The molecule has 98 valence electrons. The van der Waals surface area contributed by atoms with Gasteiger partial charge in [0.05, 0.1) is 6.54 Å². The molecule has 1 saturated heterocycles. The van der Waals surface area contributed by atoms with Gasteiger partial charge in [-0.15, -0.1) is 0 Å². The van der Waals surface area contributed by atoms with Crippen LogP contribution in [0.4, 0.5) is 18.1 Å². The van der Waals surface area contributed by atoms with E-state index >= 15 is 0 Å². The van der Waals surface area contributed by atoms with E-state index in [4.69, 9.17) is 0 Å². The Labute approximate surface area is 96.7 Å². The van der Waals surface area contributed by atoms with Crippen molar-refractivity contribution in [1.29, 1.82) is 0 Å². The molecule has 1 aliphatic rings. The molecule has 0 aromatic heterocycles. The van der Waals surface area contributed by atoms with Gasteiger partial charge in [-0.3, -0.25) is 4.79 Å². The van der Waals surface area contributed by atoms with Crippen LogP contribution in [0.15, 0.2) is 0 Å². The molecular weight excluding hydrogens is 239 g/mol. The van der Waals surface area contributed by atoms with Crippen LogP contribution in [-0.4, -0.2) is 66.5 Å². The zero-order valence-corrected chi connectivity index (χ0v) is 9.40. The fourth-order valence-electron chi connectivity index (χ4n) is 1.53. The highest BCUT2D eigenvalue weighted by Crippen LogP contribution is 2.08. The number of nitrogens with zero attached hydrogens (tertiary/aromatic N) is 3. The van der Waals surface area contributed by atoms with Crippen molar-refractivity contribution in [2.75, 3.05) is 33.2 Å². The molecule has 0 aliphatic carbocycles. The first-order valence-corrected chi connectivity index (χ1v) is 5.19. The smallest absolute Gasteiger partial charge is 0.319 e. The zero-order valence-electron chi connectivity index (χ0n) is 9.40. The van der Waals surface area contributed by atoms with E-state index in [-0.39, 0.29) is 19.0 Å². The molecule has 0 saturated carbocycles. The van der Waals surface area contributed by atoms with Gasteiger partial charge in [-0.25, -0.2) is 4.79 Å². The van der Waals surface area contributed by atoms with Crippen molar-refractivity contribution < 1.29 is 22.9 Å². The van der Waals surface area contributed by atoms with E-state index in [1.165, 1.54) is 9.80 Å². The lowest BCUT2D eigenvalue weighted by molar-refractivity contribution is -0.158. The Morgan fingerprint density at radius 1 is 1.47 bits per heavy atom. The van der Waals surface area contributed by atoms with Gasteiger partial charge < -0.3 is 9.80 Å². The molecule has 1 aliphatic heterocycles. The number of urea groups is 1. The summed E-state index contributed by atoms with van der Waals surface area (Å²) in [4.78, 5) is 24.9. The normalized spacial score (nSPS) is 15.9. The molecule has 0 radical (unpaired) electrons. The highest BCUT2D eigenvalue weighted by molar-refractivity contribution is 5.78. The van der Waals surface area contributed by atoms with Crippen LogP contribution < -0.4 is 0 Å². The predicted octanol–water partition coefficient (Wildman–Crippen LogP) is 0.722. The molecule has 0 spiro atoms. The molecule has 3 amide bonds. The van der Waals surface area contributed by atoms with E-state index in [1.807, 2.05) is 0 Å². The quantitative estimate of drug-likeness (QED) is 0.678. The second-order valence-electron chi connectivity index (χ2n) is 3.77. The first-order chi connectivity index (χ1) is 7.93. The third-order valence-electron chi connectivity index (χ3n) is 2.51. The van der Waals surface area contributed by atoms with Crippen LogP contribution >= 0.6 is 0 Å². The number of hydrogen-bond acceptors (Lipinski definition) is 2. The van der Waals surface area contributed by atoms with E-state index < -0.39 is 24.0 Å². The van der Waals surface area contributed by atoms with Gasteiger partial charge in [0.25, 0.3) is 0 Å². The van der Waals surface area contributed by atoms with Crippen LogP contribution in [0.5, 0.6) is 0 Å². The van der Waals surface area contributed by atoms with Crippen molar-refractivity contribution in [1.82, 2.24) is 14.9 Å². The first kappa shape index (κ1) is 13.6. The Hall–Kier alpha value is -1.47. The van der Waals surface area contributed by atoms with Crippen molar-refractivity contribution in [2.24, 2.45) is 0 Å². The monoisotopic (exact) mass is 253 g/mol. The van der Waals surface area contributed by atoms with Crippen LogP contribution in [0.25, 0.3) is 0 Å². The van der Waals surface area contributed by atoms with Gasteiger partial charge >= 0.3 is 18.4 Å². The molecule has 0 unspecified atom stereocenters. The second-order valence-corrected chi connectivity index (χ2v) is 3.77. The summed E-state index contributed by atoms with van der Waals surface area (Å²) in [6, 6.07) is -0.171. The van der Waals surface area contributed by atoms with E-state index in [0.29, 0.717) is 13.1 Å². The largest absolute Gasteiger partial charge is 0.326 e. The molecule has 8 heteroatoms. The van der Waals surface area contributed by atoms with Gasteiger partial charge in [-0.2, -0.15) is 13.9 Å². The molecule has 0 aromatic rings. The van der Waals surface area contributed by atoms with E-state index in [0.717, 1.165) is 0 Å². The van der Waals surface area contributed by atoms with Gasteiger partial charge in [0.1, 0.15) is 0 Å². The van der Waals surface area contributed by atoms with Gasteiger partial charge in [-0.1, -0.05) is 4.48 Å². The Balaban J connectivity index is 2.24. The van der Waals surface area contributed by atoms with Crippen molar-refractivity contribution in [3.8, 4) is 0 Å². The number of alkyl halides is 2. The number of carbonyl (C=O) groups is 2. The molecule has 1 fully saturated rings. The molecule has 0 atom stereocenters. The molecular formula is C9H14F3N3O2. The first-order valence-electron chi connectivity index (χ1n) is 5.19. The lowest BCUT2D eigenvalue weighted by Crippen LogP contribution is -2.34. The van der Waals surface area contributed by atoms with Gasteiger partial charge in [0.15, 0.2) is 0 Å². The van der Waals surface area contributed by atoms with E-state index in [9.17, 15) is 22.9 Å². The minimum atomic E-state index is -3.33. The minimum Gasteiger partial charge on any atom is -0.326 e. The van der Waals surface area contributed by atoms with Gasteiger partial charge in [0, 0.05) is 26.7 Å². The molecule has 0 N–H and O–H groups in total. The summed E-state index contributed by atoms with van der Waals surface area (Å²) in [5, 5.41) is -0.505. The van der Waals surface area contributed by atoms with Crippen molar-refractivity contribution in [3.63, 3.8) is 0 Å². The summed E-state index contributed by atoms with van der Waals surface area (Å²) in [5.74, 6) is -1.84. The van der Waals surface area contributed by atoms with Crippen LogP contribution in [0, 0.1) is 0 Å². The average Bonchev–Trinajstić information content (AvgIpc) is 2.59. The number of carbonyl (C=O) groups excluding carboxylic acids is 2. The third kappa shape index (κ3) is 3.50. The minimum absolute atomic E-state index is 0.133. The van der Waals surface area contributed by atoms with Crippen molar-refractivity contribution >= 4 is 11.9 Å². The standard InChI is InChI=1S/C9H14F3N3O2/c1-13-5-6-14(9(13)17)3-2-4-15(12)8(16)7(10)11/h7H,2-6H2,1H3. The molecule has 0 bridgehead atoms. The average molecular weight is 253 g/mol. The maximum atomic E-state index is 12.8. The number of hydrogen-bond donors (Lipinski definition) is 0. The van der Waals surface area contributed by atoms with E-state index in [1.54, 1.807) is 7.05 Å². The molecule has 17 heavy (non-hydrogen) atoms. The maximum absolute atomic E-state index is 12.8. The summed E-state index contributed by atoms with van der Waals surface area (Å²) in [6.45, 7) is 0.940. The van der Waals surface area contributed by atoms with Crippen LogP contribution in [0.3, 0.4) is 0 Å². The molecule has 0 aromatic carbocycles. The molecule has 1 rings (SSSR count). The number of rotatable bonds is 5. The summed E-state index contributed by atoms with van der Waals surface area (Å²) in [7, 11) is 1.64. The Bertz CT molecular complexity index is 301. The number of halogens is 3. The zero-order chi connectivity index (χ0) is 13.0. The van der Waals surface area contributed by atoms with Crippen molar-refractivity contribution in [2.45, 2.75) is 12.8 Å². The SMILES string of the molecule is CN1CCN(CCCN(F)C(=O)C(F)F)C1=O. The highest BCUT2D eigenvalue weighted by Gasteiger charge is 2.26. The van der Waals surface area contributed by atoms with Crippen LogP contribution in [-0.2, 0) is 4.79 Å². The summed E-state index contributed by atoms with van der Waals surface area (Å²) in [6.07, 6.45) is -3.20. The topological polar surface area (TPSA) is 43.9 Å². The second kappa shape index (κ2) is 5.74. The lowest BCUT2D eigenvalue weighted by Gasteiger charge is -2.17. The Kier molecular flexibility index (Phi) is 4.59. The number of likely N-dealkylation sites (N-methyl/N-ethyl adjacent to an activating group) is 1. The summed E-state index contributed by atoms with van der Waals surface area (Å²) >= 11 is 0. The fraction of sp³-hybridized carbons (Fsp3) is 0.778. The van der Waals surface area contributed by atoms with Crippen LogP contribution in [0.1, 0.15) is 6.42 Å². The summed E-state index contributed by atoms with van der Waals surface area (Å²) in [5.41, 5.74) is 0. The van der Waals surface area contributed by atoms with Crippen molar-refractivity contribution in [3.05, 3.63) is 0 Å².